The number of carbonyl (C=O) groups is 1. The fourth-order valence-electron chi connectivity index (χ4n) is 3.33. The minimum Gasteiger partial charge on any atom is -0.389 e. The first-order valence-corrected chi connectivity index (χ1v) is 7.08. The number of piperidine rings is 1. The lowest BCUT2D eigenvalue weighted by atomic mass is 9.92. The van der Waals surface area contributed by atoms with Crippen LogP contribution in [0.15, 0.2) is 0 Å². The van der Waals surface area contributed by atoms with Crippen molar-refractivity contribution in [2.75, 3.05) is 32.7 Å². The summed E-state index contributed by atoms with van der Waals surface area (Å²) in [5, 5.41) is 9.91. The maximum absolute atomic E-state index is 12.3. The summed E-state index contributed by atoms with van der Waals surface area (Å²) in [5.41, 5.74) is -0.608. The smallest absolute Gasteiger partial charge is 0.236 e. The van der Waals surface area contributed by atoms with Crippen LogP contribution in [0.4, 0.5) is 0 Å². The molecule has 0 spiro atoms. The quantitative estimate of drug-likeness (QED) is 0.798. The van der Waals surface area contributed by atoms with Crippen LogP contribution in [0, 0.1) is 11.8 Å². The summed E-state index contributed by atoms with van der Waals surface area (Å²) < 4.78 is 0. The van der Waals surface area contributed by atoms with Gasteiger partial charge in [-0.25, -0.2) is 0 Å². The summed E-state index contributed by atoms with van der Waals surface area (Å²) in [7, 11) is 0. The summed E-state index contributed by atoms with van der Waals surface area (Å²) in [5.74, 6) is 1.45. The second-order valence-corrected chi connectivity index (χ2v) is 6.70. The summed E-state index contributed by atoms with van der Waals surface area (Å²) in [4.78, 5) is 16.3. The molecule has 0 bridgehead atoms. The Morgan fingerprint density at radius 3 is 2.44 bits per heavy atom. The Labute approximate surface area is 110 Å². The van der Waals surface area contributed by atoms with Gasteiger partial charge in [0.05, 0.1) is 12.1 Å². The van der Waals surface area contributed by atoms with Crippen molar-refractivity contribution in [3.05, 3.63) is 0 Å². The first kappa shape index (κ1) is 13.8. The molecule has 3 unspecified atom stereocenters. The highest BCUT2D eigenvalue weighted by atomic mass is 16.3. The Morgan fingerprint density at radius 2 is 1.94 bits per heavy atom. The number of carbonyl (C=O) groups excluding carboxylic acids is 1. The molecule has 104 valence electrons. The van der Waals surface area contributed by atoms with E-state index in [4.69, 9.17) is 0 Å². The van der Waals surface area contributed by atoms with Crippen molar-refractivity contribution >= 4 is 5.91 Å². The lowest BCUT2D eigenvalue weighted by molar-refractivity contribution is -0.135. The number of likely N-dealkylation sites (tertiary alicyclic amines) is 2. The molecule has 3 atom stereocenters. The molecule has 0 aromatic rings. The molecule has 2 aliphatic heterocycles. The molecule has 1 amide bonds. The van der Waals surface area contributed by atoms with E-state index < -0.39 is 5.60 Å². The van der Waals surface area contributed by atoms with E-state index in [1.807, 2.05) is 11.8 Å². The maximum Gasteiger partial charge on any atom is 0.236 e. The van der Waals surface area contributed by atoms with Gasteiger partial charge in [-0.2, -0.15) is 0 Å². The van der Waals surface area contributed by atoms with Crippen LogP contribution in [0.3, 0.4) is 0 Å². The summed E-state index contributed by atoms with van der Waals surface area (Å²) >= 11 is 0. The van der Waals surface area contributed by atoms with Crippen LogP contribution in [0.5, 0.6) is 0 Å². The van der Waals surface area contributed by atoms with Crippen LogP contribution < -0.4 is 0 Å². The van der Waals surface area contributed by atoms with Gasteiger partial charge in [-0.05, 0) is 31.6 Å². The molecule has 0 aromatic carbocycles. The number of rotatable bonds is 2. The van der Waals surface area contributed by atoms with E-state index in [0.29, 0.717) is 24.9 Å². The number of β-amino-alcohol motifs (C(OH)–C–C–N with tert-alkyl or cyclic N) is 1. The van der Waals surface area contributed by atoms with Crippen LogP contribution >= 0.6 is 0 Å². The summed E-state index contributed by atoms with van der Waals surface area (Å²) in [6.07, 6.45) is 2.00. The van der Waals surface area contributed by atoms with Gasteiger partial charge < -0.3 is 10.0 Å². The third-order valence-corrected chi connectivity index (χ3v) is 4.11. The lowest BCUT2D eigenvalue weighted by Crippen LogP contribution is -2.47. The standard InChI is InChI=1S/C14H26N2O2/c1-11-6-12(2)8-16(7-11)13(17)9-15-5-4-14(3,18)10-15/h11-12,18H,4-10H2,1-3H3. The van der Waals surface area contributed by atoms with Gasteiger partial charge in [0, 0.05) is 26.2 Å². The predicted octanol–water partition coefficient (Wildman–Crippen LogP) is 0.948. The largest absolute Gasteiger partial charge is 0.389 e. The zero-order chi connectivity index (χ0) is 13.3. The van der Waals surface area contributed by atoms with E-state index in [2.05, 4.69) is 18.7 Å². The van der Waals surface area contributed by atoms with Gasteiger partial charge in [0.2, 0.25) is 5.91 Å². The molecule has 18 heavy (non-hydrogen) atoms. The Kier molecular flexibility index (Phi) is 3.97. The molecule has 0 aromatic heterocycles. The third kappa shape index (κ3) is 3.45. The highest BCUT2D eigenvalue weighted by Crippen LogP contribution is 2.23. The molecule has 4 heteroatoms. The van der Waals surface area contributed by atoms with Gasteiger partial charge in [0.15, 0.2) is 0 Å². The molecule has 0 radical (unpaired) electrons. The van der Waals surface area contributed by atoms with Gasteiger partial charge in [-0.1, -0.05) is 13.8 Å². The van der Waals surface area contributed by atoms with Crippen molar-refractivity contribution in [2.24, 2.45) is 11.8 Å². The van der Waals surface area contributed by atoms with Crippen LogP contribution in [0.2, 0.25) is 0 Å². The van der Waals surface area contributed by atoms with Crippen LogP contribution in [0.25, 0.3) is 0 Å². The zero-order valence-corrected chi connectivity index (χ0v) is 11.9. The monoisotopic (exact) mass is 254 g/mol. The fourth-order valence-corrected chi connectivity index (χ4v) is 3.33. The third-order valence-electron chi connectivity index (χ3n) is 4.11. The SMILES string of the molecule is CC1CC(C)CN(C(=O)CN2CCC(C)(O)C2)C1. The van der Waals surface area contributed by atoms with Crippen molar-refractivity contribution in [2.45, 2.75) is 39.2 Å². The Morgan fingerprint density at radius 1 is 1.33 bits per heavy atom. The fraction of sp³-hybridized carbons (Fsp3) is 0.929. The van der Waals surface area contributed by atoms with Gasteiger partial charge in [0.25, 0.3) is 0 Å². The van der Waals surface area contributed by atoms with Crippen molar-refractivity contribution < 1.29 is 9.90 Å². The van der Waals surface area contributed by atoms with Gasteiger partial charge in [-0.15, -0.1) is 0 Å². The maximum atomic E-state index is 12.3. The molecule has 1 N–H and O–H groups in total. The van der Waals surface area contributed by atoms with E-state index in [9.17, 15) is 9.90 Å². The van der Waals surface area contributed by atoms with Crippen LogP contribution in [-0.2, 0) is 4.79 Å². The average Bonchev–Trinajstić information content (AvgIpc) is 2.56. The second kappa shape index (κ2) is 5.17. The van der Waals surface area contributed by atoms with E-state index in [0.717, 1.165) is 26.1 Å². The van der Waals surface area contributed by atoms with Crippen LogP contribution in [0.1, 0.15) is 33.6 Å². The molecule has 0 aliphatic carbocycles. The molecule has 2 heterocycles. The van der Waals surface area contributed by atoms with Crippen molar-refractivity contribution in [1.29, 1.82) is 0 Å². The number of aliphatic hydroxyl groups is 1. The highest BCUT2D eigenvalue weighted by molar-refractivity contribution is 5.78. The molecule has 2 rings (SSSR count). The molecule has 4 nitrogen and oxygen atoms in total. The van der Waals surface area contributed by atoms with E-state index in [-0.39, 0.29) is 5.91 Å². The van der Waals surface area contributed by atoms with E-state index >= 15 is 0 Å². The molecular formula is C14H26N2O2. The van der Waals surface area contributed by atoms with E-state index in [1.165, 1.54) is 6.42 Å². The Balaban J connectivity index is 1.84. The molecular weight excluding hydrogens is 228 g/mol. The normalized spacial score (nSPS) is 38.1. The number of hydrogen-bond donors (Lipinski definition) is 1. The topological polar surface area (TPSA) is 43.8 Å². The first-order valence-electron chi connectivity index (χ1n) is 7.08. The zero-order valence-electron chi connectivity index (χ0n) is 11.9. The minimum absolute atomic E-state index is 0.228. The molecule has 0 saturated carbocycles. The van der Waals surface area contributed by atoms with Crippen molar-refractivity contribution in [3.8, 4) is 0 Å². The molecule has 2 saturated heterocycles. The molecule has 2 fully saturated rings. The number of amides is 1. The van der Waals surface area contributed by atoms with Gasteiger partial charge >= 0.3 is 0 Å². The number of hydrogen-bond acceptors (Lipinski definition) is 3. The Bertz CT molecular complexity index is 307. The predicted molar refractivity (Wildman–Crippen MR) is 71.2 cm³/mol. The van der Waals surface area contributed by atoms with E-state index in [1.54, 1.807) is 0 Å². The van der Waals surface area contributed by atoms with Crippen LogP contribution in [-0.4, -0.2) is 59.1 Å². The van der Waals surface area contributed by atoms with Gasteiger partial charge in [-0.3, -0.25) is 9.69 Å². The number of nitrogens with zero attached hydrogens (tertiary/aromatic N) is 2. The highest BCUT2D eigenvalue weighted by Gasteiger charge is 2.33. The van der Waals surface area contributed by atoms with Crippen molar-refractivity contribution in [1.82, 2.24) is 9.80 Å². The second-order valence-electron chi connectivity index (χ2n) is 6.70. The summed E-state index contributed by atoms with van der Waals surface area (Å²) in [6, 6.07) is 0. The van der Waals surface area contributed by atoms with Gasteiger partial charge in [0.1, 0.15) is 0 Å². The first-order chi connectivity index (χ1) is 8.35. The minimum atomic E-state index is -0.608. The average molecular weight is 254 g/mol. The Hall–Kier alpha value is -0.610. The lowest BCUT2D eigenvalue weighted by Gasteiger charge is -2.36. The molecule has 2 aliphatic rings. The summed E-state index contributed by atoms with van der Waals surface area (Å²) in [6.45, 7) is 10.0. The van der Waals surface area contributed by atoms with Crippen molar-refractivity contribution in [3.63, 3.8) is 0 Å².